The Kier molecular flexibility index (Phi) is 4.39. The van der Waals surface area contributed by atoms with E-state index in [1.165, 1.54) is 5.56 Å². The van der Waals surface area contributed by atoms with Crippen molar-refractivity contribution in [1.29, 1.82) is 0 Å². The monoisotopic (exact) mass is 435 g/mol. The Morgan fingerprint density at radius 1 is 1.06 bits per heavy atom. The fourth-order valence-electron chi connectivity index (χ4n) is 4.32. The lowest BCUT2D eigenvalue weighted by Gasteiger charge is -2.14. The molecule has 33 heavy (non-hydrogen) atoms. The molecule has 8 nitrogen and oxygen atoms in total. The van der Waals surface area contributed by atoms with Gasteiger partial charge in [0.05, 0.1) is 17.1 Å². The molecular formula is C25H21N7O. The van der Waals surface area contributed by atoms with Crippen molar-refractivity contribution in [3.63, 3.8) is 0 Å². The third-order valence-electron chi connectivity index (χ3n) is 6.25. The first-order valence-corrected chi connectivity index (χ1v) is 11.0. The van der Waals surface area contributed by atoms with Gasteiger partial charge in [0.15, 0.2) is 5.82 Å². The van der Waals surface area contributed by atoms with Gasteiger partial charge in [0.2, 0.25) is 0 Å². The minimum Gasteiger partial charge on any atom is -0.352 e. The molecule has 162 valence electrons. The van der Waals surface area contributed by atoms with Gasteiger partial charge in [0, 0.05) is 29.3 Å². The molecule has 0 spiro atoms. The van der Waals surface area contributed by atoms with Gasteiger partial charge >= 0.3 is 0 Å². The summed E-state index contributed by atoms with van der Waals surface area (Å²) >= 11 is 0. The predicted octanol–water partition coefficient (Wildman–Crippen LogP) is 3.56. The number of benzene rings is 2. The molecule has 2 aromatic carbocycles. The largest absolute Gasteiger partial charge is 0.352 e. The summed E-state index contributed by atoms with van der Waals surface area (Å²) in [7, 11) is 0. The van der Waals surface area contributed by atoms with Gasteiger partial charge in [0.1, 0.15) is 5.69 Å². The van der Waals surface area contributed by atoms with Crippen LogP contribution in [-0.2, 0) is 5.41 Å². The molecule has 0 atom stereocenters. The van der Waals surface area contributed by atoms with Crippen molar-refractivity contribution in [2.45, 2.75) is 25.2 Å². The van der Waals surface area contributed by atoms with E-state index in [0.717, 1.165) is 35.1 Å². The Labute approximate surface area is 189 Å². The second-order valence-electron chi connectivity index (χ2n) is 8.31. The van der Waals surface area contributed by atoms with E-state index in [4.69, 9.17) is 5.10 Å². The first-order chi connectivity index (χ1) is 16.2. The van der Waals surface area contributed by atoms with Crippen LogP contribution in [0.15, 0.2) is 67.0 Å². The first-order valence-electron chi connectivity index (χ1n) is 11.0. The smallest absolute Gasteiger partial charge is 0.271 e. The van der Waals surface area contributed by atoms with Crippen molar-refractivity contribution in [2.75, 3.05) is 6.54 Å². The van der Waals surface area contributed by atoms with Gasteiger partial charge in [-0.2, -0.15) is 9.61 Å². The number of hydrogen-bond donors (Lipinski definition) is 1. The van der Waals surface area contributed by atoms with Gasteiger partial charge < -0.3 is 5.32 Å². The van der Waals surface area contributed by atoms with Crippen molar-refractivity contribution >= 4 is 22.6 Å². The van der Waals surface area contributed by atoms with Crippen LogP contribution >= 0.6 is 0 Å². The number of carbonyl (C=O) groups is 1. The summed E-state index contributed by atoms with van der Waals surface area (Å²) in [5.74, 6) is 1.18. The standard InChI is InChI=1S/C25H21N7O/c1-2-26-22(33)17-7-5-16(6-8-17)21-15-28-24-30-29-23(32(24)31-21)25(11-12-25)19-9-10-20-18(14-19)4-3-13-27-20/h3-10,13-15H,2,11-12H2,1H3,(H,26,33). The molecule has 5 aromatic rings. The molecule has 3 aromatic heterocycles. The molecule has 1 fully saturated rings. The zero-order chi connectivity index (χ0) is 22.4. The maximum absolute atomic E-state index is 12.0. The number of nitrogens with one attached hydrogen (secondary N) is 1. The van der Waals surface area contributed by atoms with Crippen LogP contribution in [0.1, 0.15) is 41.5 Å². The second kappa shape index (κ2) is 7.44. The fourth-order valence-corrected chi connectivity index (χ4v) is 4.32. The Morgan fingerprint density at radius 2 is 1.91 bits per heavy atom. The summed E-state index contributed by atoms with van der Waals surface area (Å²) in [5.41, 5.74) is 4.13. The van der Waals surface area contributed by atoms with Gasteiger partial charge in [-0.1, -0.05) is 24.3 Å². The molecule has 1 saturated carbocycles. The maximum Gasteiger partial charge on any atom is 0.271 e. The highest BCUT2D eigenvalue weighted by Crippen LogP contribution is 2.53. The molecule has 6 rings (SSSR count). The third kappa shape index (κ3) is 3.22. The van der Waals surface area contributed by atoms with Crippen LogP contribution in [-0.4, -0.2) is 42.2 Å². The SMILES string of the molecule is CCNC(=O)c1ccc(-c2cnc3nnc(C4(c5ccc6ncccc6c5)CC4)n3n2)cc1. The van der Waals surface area contributed by atoms with Gasteiger partial charge in [-0.15, -0.1) is 10.2 Å². The number of nitrogens with zero attached hydrogens (tertiary/aromatic N) is 6. The lowest BCUT2D eigenvalue weighted by Crippen LogP contribution is -2.22. The van der Waals surface area contributed by atoms with Crippen molar-refractivity contribution in [2.24, 2.45) is 0 Å². The molecule has 0 aliphatic heterocycles. The predicted molar refractivity (Wildman–Crippen MR) is 124 cm³/mol. The van der Waals surface area contributed by atoms with E-state index in [2.05, 4.69) is 49.7 Å². The van der Waals surface area contributed by atoms with E-state index in [-0.39, 0.29) is 11.3 Å². The molecule has 0 saturated heterocycles. The van der Waals surface area contributed by atoms with Crippen LogP contribution in [0, 0.1) is 0 Å². The third-order valence-corrected chi connectivity index (χ3v) is 6.25. The second-order valence-corrected chi connectivity index (χ2v) is 8.31. The Morgan fingerprint density at radius 3 is 2.70 bits per heavy atom. The van der Waals surface area contributed by atoms with Gasteiger partial charge in [-0.3, -0.25) is 9.78 Å². The summed E-state index contributed by atoms with van der Waals surface area (Å²) in [6.45, 7) is 2.49. The summed E-state index contributed by atoms with van der Waals surface area (Å²) in [5, 5.41) is 17.5. The van der Waals surface area contributed by atoms with Crippen LogP contribution in [0.2, 0.25) is 0 Å². The quantitative estimate of drug-likeness (QED) is 0.453. The van der Waals surface area contributed by atoms with Crippen molar-refractivity contribution in [3.8, 4) is 11.3 Å². The van der Waals surface area contributed by atoms with E-state index in [0.29, 0.717) is 23.6 Å². The fraction of sp³-hybridized carbons (Fsp3) is 0.200. The highest BCUT2D eigenvalue weighted by molar-refractivity contribution is 5.94. The summed E-state index contributed by atoms with van der Waals surface area (Å²) < 4.78 is 1.76. The van der Waals surface area contributed by atoms with E-state index in [9.17, 15) is 4.79 Å². The zero-order valence-corrected chi connectivity index (χ0v) is 18.1. The summed E-state index contributed by atoms with van der Waals surface area (Å²) in [4.78, 5) is 21.0. The van der Waals surface area contributed by atoms with Crippen LogP contribution in [0.25, 0.3) is 27.9 Å². The van der Waals surface area contributed by atoms with Crippen LogP contribution in [0.5, 0.6) is 0 Å². The normalized spacial score (nSPS) is 14.5. The van der Waals surface area contributed by atoms with Gasteiger partial charge in [-0.25, -0.2) is 4.98 Å². The highest BCUT2D eigenvalue weighted by Gasteiger charge is 2.50. The number of rotatable bonds is 5. The van der Waals surface area contributed by atoms with E-state index >= 15 is 0 Å². The van der Waals surface area contributed by atoms with Crippen molar-refractivity contribution in [3.05, 3.63) is 83.9 Å². The molecule has 1 aliphatic carbocycles. The lowest BCUT2D eigenvalue weighted by atomic mass is 9.94. The maximum atomic E-state index is 12.0. The summed E-state index contributed by atoms with van der Waals surface area (Å²) in [6.07, 6.45) is 5.45. The minimum absolute atomic E-state index is 0.0899. The molecule has 0 bridgehead atoms. The number of carbonyl (C=O) groups excluding carboxylic acids is 1. The Hall–Kier alpha value is -4.20. The van der Waals surface area contributed by atoms with E-state index in [1.807, 2.05) is 25.1 Å². The van der Waals surface area contributed by atoms with Crippen LogP contribution in [0.4, 0.5) is 0 Å². The zero-order valence-electron chi connectivity index (χ0n) is 18.1. The number of hydrogen-bond acceptors (Lipinski definition) is 6. The number of amides is 1. The minimum atomic E-state index is -0.223. The highest BCUT2D eigenvalue weighted by atomic mass is 16.1. The van der Waals surface area contributed by atoms with Gasteiger partial charge in [-0.05, 0) is 55.7 Å². The topological polar surface area (TPSA) is 98.0 Å². The first kappa shape index (κ1) is 19.5. The molecule has 1 amide bonds. The number of aromatic nitrogens is 6. The van der Waals surface area contributed by atoms with Crippen molar-refractivity contribution < 1.29 is 4.79 Å². The van der Waals surface area contributed by atoms with Gasteiger partial charge in [0.25, 0.3) is 11.7 Å². The summed E-state index contributed by atoms with van der Waals surface area (Å²) in [6, 6.07) is 17.8. The molecule has 1 aliphatic rings. The lowest BCUT2D eigenvalue weighted by molar-refractivity contribution is 0.0956. The molecule has 0 radical (unpaired) electrons. The van der Waals surface area contributed by atoms with Crippen LogP contribution in [0.3, 0.4) is 0 Å². The average Bonchev–Trinajstić information content (AvgIpc) is 3.56. The molecule has 1 N–H and O–H groups in total. The molecule has 8 heteroatoms. The Balaban J connectivity index is 1.39. The molecule has 0 unspecified atom stereocenters. The molecule has 3 heterocycles. The average molecular weight is 435 g/mol. The number of fused-ring (bicyclic) bond motifs is 2. The van der Waals surface area contributed by atoms with Crippen LogP contribution < -0.4 is 5.32 Å². The van der Waals surface area contributed by atoms with E-state index < -0.39 is 0 Å². The Bertz CT molecular complexity index is 1500. The molecular weight excluding hydrogens is 414 g/mol. The van der Waals surface area contributed by atoms with E-state index in [1.54, 1.807) is 29.0 Å². The van der Waals surface area contributed by atoms with Crippen molar-refractivity contribution in [1.82, 2.24) is 35.1 Å². The number of pyridine rings is 1.